The topological polar surface area (TPSA) is 109 Å². The van der Waals surface area contributed by atoms with E-state index in [4.69, 9.17) is 16.4 Å². The number of carbonyl (C=O) groups excluding carboxylic acids is 2. The Morgan fingerprint density at radius 3 is 2.91 bits per heavy atom. The fourth-order valence-electron chi connectivity index (χ4n) is 3.77. The summed E-state index contributed by atoms with van der Waals surface area (Å²) < 4.78 is 29.7. The molecule has 0 aliphatic carbocycles. The second-order valence-electron chi connectivity index (χ2n) is 8.07. The van der Waals surface area contributed by atoms with Crippen LogP contribution in [0.3, 0.4) is 0 Å². The van der Waals surface area contributed by atoms with Gasteiger partial charge in [-0.1, -0.05) is 11.6 Å². The minimum absolute atomic E-state index is 0.0916. The molecule has 1 aromatic heterocycles. The predicted octanol–water partition coefficient (Wildman–Crippen LogP) is 1.50. The number of carbonyl (C=O) groups is 2. The average Bonchev–Trinajstić information content (AvgIpc) is 3.04. The number of hydrogen-bond donors (Lipinski definition) is 2. The van der Waals surface area contributed by atoms with Crippen LogP contribution in [0.15, 0.2) is 18.2 Å². The lowest BCUT2D eigenvalue weighted by Gasteiger charge is -2.27. The number of nitrogens with zero attached hydrogens (tertiary/aromatic N) is 4. The second kappa shape index (κ2) is 8.93. The number of rotatable bonds is 4. The number of aromatic nitrogens is 2. The van der Waals surface area contributed by atoms with Gasteiger partial charge in [0.2, 0.25) is 0 Å². The molecule has 2 aromatic rings. The van der Waals surface area contributed by atoms with Crippen molar-refractivity contribution >= 4 is 44.8 Å². The van der Waals surface area contributed by atoms with Crippen LogP contribution in [-0.2, 0) is 34.1 Å². The van der Waals surface area contributed by atoms with E-state index in [0.29, 0.717) is 29.9 Å². The van der Waals surface area contributed by atoms with Crippen molar-refractivity contribution < 1.29 is 23.0 Å². The van der Waals surface area contributed by atoms with Gasteiger partial charge in [-0.2, -0.15) is 5.10 Å². The molecule has 2 aliphatic rings. The zero-order valence-electron chi connectivity index (χ0n) is 18.1. The quantitative estimate of drug-likeness (QED) is 0.621. The number of anilines is 1. The van der Waals surface area contributed by atoms with Crippen molar-refractivity contribution in [3.63, 3.8) is 0 Å². The van der Waals surface area contributed by atoms with Gasteiger partial charge in [-0.3, -0.25) is 18.5 Å². The van der Waals surface area contributed by atoms with Crippen molar-refractivity contribution in [2.24, 2.45) is 0 Å². The molecule has 10 nitrogen and oxygen atoms in total. The Labute approximate surface area is 195 Å². The Morgan fingerprint density at radius 1 is 1.45 bits per heavy atom. The zero-order valence-corrected chi connectivity index (χ0v) is 19.7. The van der Waals surface area contributed by atoms with Crippen LogP contribution in [0.25, 0.3) is 0 Å². The minimum atomic E-state index is -2.44. The zero-order chi connectivity index (χ0) is 23.9. The first-order valence-electron chi connectivity index (χ1n) is 10.1. The van der Waals surface area contributed by atoms with Gasteiger partial charge in [0.25, 0.3) is 5.91 Å². The molecule has 3 heterocycles. The summed E-state index contributed by atoms with van der Waals surface area (Å²) in [5.74, 6) is 2.60. The molecule has 0 spiro atoms. The van der Waals surface area contributed by atoms with Gasteiger partial charge >= 0.3 is 6.03 Å². The van der Waals surface area contributed by atoms with Gasteiger partial charge in [0.05, 0.1) is 23.8 Å². The van der Waals surface area contributed by atoms with Gasteiger partial charge in [0.1, 0.15) is 17.6 Å². The first-order chi connectivity index (χ1) is 15.5. The third kappa shape index (κ3) is 5.13. The van der Waals surface area contributed by atoms with Crippen LogP contribution in [0.5, 0.6) is 0 Å². The second-order valence-corrected chi connectivity index (χ2v) is 10.8. The molecule has 33 heavy (non-hydrogen) atoms. The molecule has 0 bridgehead atoms. The average molecular weight is 499 g/mol. The lowest BCUT2D eigenvalue weighted by Crippen LogP contribution is -2.40. The number of urea groups is 1. The van der Waals surface area contributed by atoms with E-state index < -0.39 is 27.7 Å². The number of hydrogen-bond acceptors (Lipinski definition) is 5. The normalized spacial score (nSPS) is 20.0. The highest BCUT2D eigenvalue weighted by Gasteiger charge is 2.35. The molecule has 2 aliphatic heterocycles. The third-order valence-corrected chi connectivity index (χ3v) is 6.41. The number of fused-ring (bicyclic) bond motifs is 3. The van der Waals surface area contributed by atoms with E-state index in [9.17, 15) is 18.2 Å². The van der Waals surface area contributed by atoms with E-state index in [0.717, 1.165) is 10.8 Å². The van der Waals surface area contributed by atoms with E-state index in [1.807, 2.05) is 0 Å². The van der Waals surface area contributed by atoms with Crippen molar-refractivity contribution in [1.82, 2.24) is 24.5 Å². The van der Waals surface area contributed by atoms with Crippen LogP contribution in [-0.4, -0.2) is 74.3 Å². The smallest absolute Gasteiger partial charge is 0.320 e. The largest absolute Gasteiger partial charge is 0.322 e. The molecule has 0 saturated carbocycles. The summed E-state index contributed by atoms with van der Waals surface area (Å²) in [6, 6.07) is 3.53. The maximum Gasteiger partial charge on any atom is 0.322 e. The van der Waals surface area contributed by atoms with Gasteiger partial charge in [-0.25, -0.2) is 19.0 Å². The Kier molecular flexibility index (Phi) is 6.36. The Bertz CT molecular complexity index is 1220. The van der Waals surface area contributed by atoms with Gasteiger partial charge in [-0.05, 0) is 24.1 Å². The summed E-state index contributed by atoms with van der Waals surface area (Å²) >= 11 is 5.79. The highest BCUT2D eigenvalue weighted by molar-refractivity contribution is 7.97. The third-order valence-electron chi connectivity index (χ3n) is 5.35. The maximum atomic E-state index is 13.4. The van der Waals surface area contributed by atoms with Crippen LogP contribution < -0.4 is 10.0 Å². The molecule has 4 rings (SSSR count). The number of hydroxylamine groups is 2. The van der Waals surface area contributed by atoms with Gasteiger partial charge < -0.3 is 10.2 Å². The predicted molar refractivity (Wildman–Crippen MR) is 123 cm³/mol. The first-order valence-corrected chi connectivity index (χ1v) is 12.6. The maximum absolute atomic E-state index is 13.4. The molecular formula is C20H24ClFN6O4S. The highest BCUT2D eigenvalue weighted by Crippen LogP contribution is 2.27. The molecule has 2 N–H and O–H groups in total. The monoisotopic (exact) mass is 498 g/mol. The van der Waals surface area contributed by atoms with E-state index in [1.165, 1.54) is 31.5 Å². The van der Waals surface area contributed by atoms with Crippen LogP contribution in [0.4, 0.5) is 14.9 Å². The molecule has 1 aromatic carbocycles. The van der Waals surface area contributed by atoms with Crippen molar-refractivity contribution in [2.75, 3.05) is 31.7 Å². The Hall–Kier alpha value is -2.67. The number of benzene rings is 1. The summed E-state index contributed by atoms with van der Waals surface area (Å²) in [5.41, 5.74) is 2.11. The molecule has 178 valence electrons. The fraction of sp³-hybridized carbons (Fsp3) is 0.400. The lowest BCUT2D eigenvalue weighted by atomic mass is 10.1. The molecule has 13 heteroatoms. The molecule has 3 amide bonds. The van der Waals surface area contributed by atoms with Crippen LogP contribution >= 0.6 is 11.6 Å². The molecule has 0 radical (unpaired) electrons. The number of halogens is 2. The SMILES string of the molecule is C=S(C)(=O)NCC1Cn2nc3c(c2C(=O)N(C)O1)CN(C(=O)Nc1ccc(F)c(Cl)c1)CC3. The summed E-state index contributed by atoms with van der Waals surface area (Å²) in [6.07, 6.45) is 1.46. The number of amides is 3. The van der Waals surface area contributed by atoms with E-state index in [1.54, 1.807) is 9.58 Å². The molecule has 2 atom stereocenters. The summed E-state index contributed by atoms with van der Waals surface area (Å²) in [5, 5.41) is 8.33. The minimum Gasteiger partial charge on any atom is -0.320 e. The van der Waals surface area contributed by atoms with Crippen LogP contribution in [0.1, 0.15) is 21.7 Å². The Morgan fingerprint density at radius 2 is 2.21 bits per heavy atom. The summed E-state index contributed by atoms with van der Waals surface area (Å²) in [4.78, 5) is 33.1. The molecular weight excluding hydrogens is 475 g/mol. The summed E-state index contributed by atoms with van der Waals surface area (Å²) in [7, 11) is -0.934. The van der Waals surface area contributed by atoms with Crippen molar-refractivity contribution in [1.29, 1.82) is 0 Å². The van der Waals surface area contributed by atoms with Gasteiger partial charge in [0.15, 0.2) is 0 Å². The van der Waals surface area contributed by atoms with Crippen LogP contribution in [0.2, 0.25) is 5.02 Å². The van der Waals surface area contributed by atoms with E-state index >= 15 is 0 Å². The van der Waals surface area contributed by atoms with Gasteiger partial charge in [-0.15, -0.1) is 0 Å². The number of nitrogens with one attached hydrogen (secondary N) is 2. The van der Waals surface area contributed by atoms with Crippen LogP contribution in [0, 0.1) is 5.82 Å². The van der Waals surface area contributed by atoms with E-state index in [2.05, 4.69) is 21.0 Å². The standard InChI is InChI=1S/C20H24ClFN6O4S/c1-26-19(29)18-14-11-27(20(30)24-12-4-5-16(22)15(21)8-12)7-6-17(14)25-28(18)10-13(32-26)9-23-33(2,3)31/h4-5,8,13H,2,6-7,9-11H2,1,3H3,(H,23,31)(H,24,30). The Balaban J connectivity index is 1.54. The highest BCUT2D eigenvalue weighted by atomic mass is 35.5. The van der Waals surface area contributed by atoms with Crippen molar-refractivity contribution in [3.8, 4) is 0 Å². The van der Waals surface area contributed by atoms with Gasteiger partial charge in [0, 0.05) is 53.8 Å². The molecule has 0 fully saturated rings. The summed E-state index contributed by atoms with van der Waals surface area (Å²) in [6.45, 7) is 1.06. The van der Waals surface area contributed by atoms with Crippen molar-refractivity contribution in [3.05, 3.63) is 46.0 Å². The van der Waals surface area contributed by atoms with E-state index in [-0.39, 0.29) is 30.6 Å². The first kappa shape index (κ1) is 23.5. The molecule has 2 unspecified atom stereocenters. The lowest BCUT2D eigenvalue weighted by molar-refractivity contribution is -0.145. The van der Waals surface area contributed by atoms with Crippen molar-refractivity contribution in [2.45, 2.75) is 25.6 Å². The molecule has 0 saturated heterocycles. The fourth-order valence-corrected chi connectivity index (χ4v) is 4.48.